The molecule has 100 valence electrons. The largest absolute Gasteiger partial charge is 0.508 e. The fourth-order valence-electron chi connectivity index (χ4n) is 2.48. The molecular formula is C14H20ClNO2. The van der Waals surface area contributed by atoms with Crippen LogP contribution in [0.2, 0.25) is 5.02 Å². The summed E-state index contributed by atoms with van der Waals surface area (Å²) in [5, 5.41) is 13.7. The van der Waals surface area contributed by atoms with Crippen molar-refractivity contribution in [2.45, 2.75) is 32.4 Å². The van der Waals surface area contributed by atoms with E-state index in [4.69, 9.17) is 16.3 Å². The molecule has 2 rings (SSSR count). The van der Waals surface area contributed by atoms with Crippen LogP contribution in [0.3, 0.4) is 0 Å². The van der Waals surface area contributed by atoms with Crippen LogP contribution in [0.25, 0.3) is 0 Å². The number of halogens is 1. The highest BCUT2D eigenvalue weighted by molar-refractivity contribution is 6.31. The molecule has 1 aliphatic heterocycles. The highest BCUT2D eigenvalue weighted by Crippen LogP contribution is 2.26. The molecule has 0 aliphatic carbocycles. The van der Waals surface area contributed by atoms with Crippen LogP contribution in [0.5, 0.6) is 5.75 Å². The highest BCUT2D eigenvalue weighted by Gasteiger charge is 2.26. The molecule has 2 atom stereocenters. The number of phenols is 1. The van der Waals surface area contributed by atoms with Gasteiger partial charge in [0, 0.05) is 30.3 Å². The Labute approximate surface area is 113 Å². The van der Waals surface area contributed by atoms with Crippen molar-refractivity contribution >= 4 is 11.6 Å². The number of hydrogen-bond acceptors (Lipinski definition) is 3. The van der Waals surface area contributed by atoms with Crippen molar-refractivity contribution in [3.8, 4) is 5.75 Å². The van der Waals surface area contributed by atoms with E-state index in [0.717, 1.165) is 31.6 Å². The van der Waals surface area contributed by atoms with E-state index >= 15 is 0 Å². The molecule has 2 unspecified atom stereocenters. The Morgan fingerprint density at radius 2 is 2.33 bits per heavy atom. The highest BCUT2D eigenvalue weighted by atomic mass is 35.5. The normalized spacial score (nSPS) is 23.4. The first-order valence-corrected chi connectivity index (χ1v) is 6.88. The number of phenolic OH excluding ortho intramolecular Hbond substituents is 1. The standard InChI is InChI=1S/C14H20ClNO2/c1-2-14-10(6-7-18-14)8-16-9-11-12(15)4-3-5-13(11)17/h3-5,10,14,16-17H,2,6-9H2,1H3. The molecule has 1 aromatic rings. The van der Waals surface area contributed by atoms with Gasteiger partial charge in [-0.05, 0) is 30.9 Å². The Balaban J connectivity index is 1.85. The summed E-state index contributed by atoms with van der Waals surface area (Å²) in [6.45, 7) is 4.52. The molecule has 1 aliphatic rings. The molecule has 3 nitrogen and oxygen atoms in total. The third kappa shape index (κ3) is 3.16. The molecule has 18 heavy (non-hydrogen) atoms. The van der Waals surface area contributed by atoms with Crippen molar-refractivity contribution in [1.82, 2.24) is 5.32 Å². The van der Waals surface area contributed by atoms with E-state index < -0.39 is 0 Å². The lowest BCUT2D eigenvalue weighted by atomic mass is 9.99. The summed E-state index contributed by atoms with van der Waals surface area (Å²) in [4.78, 5) is 0. The Morgan fingerprint density at radius 3 is 3.06 bits per heavy atom. The van der Waals surface area contributed by atoms with Crippen LogP contribution in [-0.2, 0) is 11.3 Å². The fraction of sp³-hybridized carbons (Fsp3) is 0.571. The summed E-state index contributed by atoms with van der Waals surface area (Å²) >= 11 is 6.06. The molecule has 0 amide bonds. The van der Waals surface area contributed by atoms with Crippen molar-refractivity contribution in [1.29, 1.82) is 0 Å². The maximum atomic E-state index is 9.73. The lowest BCUT2D eigenvalue weighted by molar-refractivity contribution is 0.0872. The minimum Gasteiger partial charge on any atom is -0.508 e. The predicted molar refractivity (Wildman–Crippen MR) is 73.0 cm³/mol. The van der Waals surface area contributed by atoms with E-state index in [1.165, 1.54) is 0 Å². The first-order valence-electron chi connectivity index (χ1n) is 6.51. The Morgan fingerprint density at radius 1 is 1.50 bits per heavy atom. The van der Waals surface area contributed by atoms with E-state index in [0.29, 0.717) is 23.6 Å². The average Bonchev–Trinajstić information content (AvgIpc) is 2.80. The molecule has 1 fully saturated rings. The van der Waals surface area contributed by atoms with Crippen LogP contribution < -0.4 is 5.32 Å². The van der Waals surface area contributed by atoms with Gasteiger partial charge >= 0.3 is 0 Å². The zero-order chi connectivity index (χ0) is 13.0. The molecule has 4 heteroatoms. The van der Waals surface area contributed by atoms with Gasteiger partial charge in [0.25, 0.3) is 0 Å². The van der Waals surface area contributed by atoms with Gasteiger partial charge in [0.15, 0.2) is 0 Å². The zero-order valence-corrected chi connectivity index (χ0v) is 11.4. The molecule has 0 spiro atoms. The number of rotatable bonds is 5. The fourth-order valence-corrected chi connectivity index (χ4v) is 2.72. The molecular weight excluding hydrogens is 250 g/mol. The third-order valence-corrected chi connectivity index (χ3v) is 3.91. The van der Waals surface area contributed by atoms with Crippen LogP contribution in [0.4, 0.5) is 0 Å². The molecule has 0 aromatic heterocycles. The molecule has 0 saturated carbocycles. The van der Waals surface area contributed by atoms with Crippen molar-refractivity contribution in [2.75, 3.05) is 13.2 Å². The number of nitrogens with one attached hydrogen (secondary N) is 1. The minimum atomic E-state index is 0.254. The van der Waals surface area contributed by atoms with Crippen molar-refractivity contribution in [2.24, 2.45) is 5.92 Å². The summed E-state index contributed by atoms with van der Waals surface area (Å²) in [5.74, 6) is 0.823. The van der Waals surface area contributed by atoms with Crippen LogP contribution >= 0.6 is 11.6 Å². The second-order valence-electron chi connectivity index (χ2n) is 4.73. The summed E-state index contributed by atoms with van der Waals surface area (Å²) in [7, 11) is 0. The monoisotopic (exact) mass is 269 g/mol. The third-order valence-electron chi connectivity index (χ3n) is 3.55. The number of ether oxygens (including phenoxy) is 1. The van der Waals surface area contributed by atoms with Crippen molar-refractivity contribution in [3.63, 3.8) is 0 Å². The Bertz CT molecular complexity index is 377. The van der Waals surface area contributed by atoms with Crippen LogP contribution in [-0.4, -0.2) is 24.4 Å². The van der Waals surface area contributed by atoms with E-state index in [9.17, 15) is 5.11 Å². The van der Waals surface area contributed by atoms with Gasteiger partial charge in [-0.25, -0.2) is 0 Å². The zero-order valence-electron chi connectivity index (χ0n) is 10.7. The molecule has 2 N–H and O–H groups in total. The number of aromatic hydroxyl groups is 1. The van der Waals surface area contributed by atoms with Gasteiger partial charge in [0.2, 0.25) is 0 Å². The minimum absolute atomic E-state index is 0.254. The quantitative estimate of drug-likeness (QED) is 0.864. The maximum Gasteiger partial charge on any atom is 0.121 e. The van der Waals surface area contributed by atoms with Gasteiger partial charge in [0.1, 0.15) is 5.75 Å². The molecule has 1 aromatic carbocycles. The number of benzene rings is 1. The molecule has 0 bridgehead atoms. The second kappa shape index (κ2) is 6.41. The smallest absolute Gasteiger partial charge is 0.121 e. The van der Waals surface area contributed by atoms with Crippen LogP contribution in [0.1, 0.15) is 25.3 Å². The predicted octanol–water partition coefficient (Wildman–Crippen LogP) is 2.95. The van der Waals surface area contributed by atoms with Gasteiger partial charge in [-0.1, -0.05) is 24.6 Å². The SMILES string of the molecule is CCC1OCCC1CNCc1c(O)cccc1Cl. The summed E-state index contributed by atoms with van der Waals surface area (Å²) in [6, 6.07) is 5.21. The summed E-state index contributed by atoms with van der Waals surface area (Å²) in [5.41, 5.74) is 0.770. The van der Waals surface area contributed by atoms with E-state index in [2.05, 4.69) is 12.2 Å². The summed E-state index contributed by atoms with van der Waals surface area (Å²) in [6.07, 6.45) is 2.54. The van der Waals surface area contributed by atoms with E-state index in [1.807, 2.05) is 0 Å². The molecule has 1 heterocycles. The lowest BCUT2D eigenvalue weighted by Gasteiger charge is -2.17. The lowest BCUT2D eigenvalue weighted by Crippen LogP contribution is -2.28. The van der Waals surface area contributed by atoms with Gasteiger partial charge in [-0.2, -0.15) is 0 Å². The van der Waals surface area contributed by atoms with E-state index in [-0.39, 0.29) is 5.75 Å². The molecule has 1 saturated heterocycles. The first kappa shape index (κ1) is 13.7. The number of hydrogen-bond donors (Lipinski definition) is 2. The van der Waals surface area contributed by atoms with E-state index in [1.54, 1.807) is 18.2 Å². The van der Waals surface area contributed by atoms with Gasteiger partial charge in [0.05, 0.1) is 6.10 Å². The van der Waals surface area contributed by atoms with Crippen LogP contribution in [0.15, 0.2) is 18.2 Å². The topological polar surface area (TPSA) is 41.5 Å². The summed E-state index contributed by atoms with van der Waals surface area (Å²) < 4.78 is 5.65. The van der Waals surface area contributed by atoms with Crippen LogP contribution in [0, 0.1) is 5.92 Å². The van der Waals surface area contributed by atoms with Gasteiger partial charge < -0.3 is 15.2 Å². The van der Waals surface area contributed by atoms with Gasteiger partial charge in [-0.3, -0.25) is 0 Å². The average molecular weight is 270 g/mol. The second-order valence-corrected chi connectivity index (χ2v) is 5.14. The Kier molecular flexibility index (Phi) is 4.87. The van der Waals surface area contributed by atoms with Crippen molar-refractivity contribution in [3.05, 3.63) is 28.8 Å². The first-order chi connectivity index (χ1) is 8.72. The maximum absolute atomic E-state index is 9.73. The molecule has 0 radical (unpaired) electrons. The Hall–Kier alpha value is -0.770. The van der Waals surface area contributed by atoms with Gasteiger partial charge in [-0.15, -0.1) is 0 Å². The van der Waals surface area contributed by atoms with Crippen molar-refractivity contribution < 1.29 is 9.84 Å².